The van der Waals surface area contributed by atoms with Gasteiger partial charge < -0.3 is 10.0 Å². The van der Waals surface area contributed by atoms with Gasteiger partial charge in [0, 0.05) is 34.6 Å². The Labute approximate surface area is 90.4 Å². The zero-order valence-corrected chi connectivity index (χ0v) is 9.82. The summed E-state index contributed by atoms with van der Waals surface area (Å²) in [6.07, 6.45) is 2.29. The van der Waals surface area contributed by atoms with Crippen LogP contribution in [0.5, 0.6) is 0 Å². The molecule has 0 aromatic carbocycles. The number of hydrazone groups is 2. The fourth-order valence-corrected chi connectivity index (χ4v) is 1.47. The molecule has 0 aromatic heterocycles. The van der Waals surface area contributed by atoms with Crippen LogP contribution < -0.4 is 0 Å². The van der Waals surface area contributed by atoms with Crippen LogP contribution in [0.4, 0.5) is 0 Å². The highest BCUT2D eigenvalue weighted by molar-refractivity contribution is 6.68. The molecule has 0 bridgehead atoms. The Kier molecular flexibility index (Phi) is 3.82. The van der Waals surface area contributed by atoms with Crippen LogP contribution in [-0.2, 0) is 4.79 Å². The highest BCUT2D eigenvalue weighted by Gasteiger charge is 2.24. The Morgan fingerprint density at radius 1 is 1.00 bits per heavy atom. The van der Waals surface area contributed by atoms with Crippen molar-refractivity contribution in [3.63, 3.8) is 0 Å². The normalized spacial score (nSPS) is 22.3. The van der Waals surface area contributed by atoms with Crippen LogP contribution in [0, 0.1) is 0 Å². The number of hydrogen-bond acceptors (Lipinski definition) is 5. The molecular weight excluding hydrogens is 192 g/mol. The number of nitrogens with zero attached hydrogens (tertiary/aromatic N) is 4. The molecule has 0 amide bonds. The maximum absolute atomic E-state index is 11.7. The maximum Gasteiger partial charge on any atom is 0.184 e. The van der Waals surface area contributed by atoms with E-state index in [0.717, 1.165) is 18.6 Å². The summed E-state index contributed by atoms with van der Waals surface area (Å²) < 4.78 is 0. The Bertz CT molecular complexity index is 305. The summed E-state index contributed by atoms with van der Waals surface area (Å²) in [5.41, 5.74) is 1.31. The average Bonchev–Trinajstić information content (AvgIpc) is 2.09. The lowest BCUT2D eigenvalue weighted by Gasteiger charge is -2.18. The van der Waals surface area contributed by atoms with E-state index in [2.05, 4.69) is 10.2 Å². The van der Waals surface area contributed by atoms with Crippen LogP contribution in [0.25, 0.3) is 0 Å². The molecular formula is C10H18N4O. The molecule has 5 heteroatoms. The minimum absolute atomic E-state index is 0.0931. The van der Waals surface area contributed by atoms with Crippen molar-refractivity contribution in [2.75, 3.05) is 28.2 Å². The fraction of sp³-hybridized carbons (Fsp3) is 0.700. The first-order chi connectivity index (χ1) is 7.00. The largest absolute Gasteiger partial charge is 0.303 e. The van der Waals surface area contributed by atoms with Gasteiger partial charge in [-0.2, -0.15) is 10.2 Å². The quantitative estimate of drug-likeness (QED) is 0.626. The highest BCUT2D eigenvalue weighted by atomic mass is 16.1. The molecule has 5 nitrogen and oxygen atoms in total. The first kappa shape index (κ1) is 11.7. The van der Waals surface area contributed by atoms with Crippen LogP contribution >= 0.6 is 0 Å². The van der Waals surface area contributed by atoms with E-state index < -0.39 is 0 Å². The summed E-state index contributed by atoms with van der Waals surface area (Å²) in [6.45, 7) is 0. The highest BCUT2D eigenvalue weighted by Crippen LogP contribution is 2.11. The Hall–Kier alpha value is -1.39. The number of ketones is 1. The topological polar surface area (TPSA) is 48.3 Å². The molecule has 0 unspecified atom stereocenters. The van der Waals surface area contributed by atoms with Gasteiger partial charge in [-0.25, -0.2) is 0 Å². The predicted molar refractivity (Wildman–Crippen MR) is 61.1 cm³/mol. The summed E-state index contributed by atoms with van der Waals surface area (Å²) in [7, 11) is 7.31. The molecule has 1 aliphatic rings. The van der Waals surface area contributed by atoms with E-state index in [1.807, 2.05) is 28.2 Å². The summed E-state index contributed by atoms with van der Waals surface area (Å²) in [5, 5.41) is 11.8. The second-order valence-corrected chi connectivity index (χ2v) is 3.97. The van der Waals surface area contributed by atoms with Gasteiger partial charge in [0.2, 0.25) is 0 Å². The van der Waals surface area contributed by atoms with E-state index in [9.17, 15) is 4.79 Å². The summed E-state index contributed by atoms with van der Waals surface area (Å²) >= 11 is 0. The van der Waals surface area contributed by atoms with Crippen molar-refractivity contribution in [1.29, 1.82) is 0 Å². The third-order valence-electron chi connectivity index (χ3n) is 1.98. The lowest BCUT2D eigenvalue weighted by Crippen LogP contribution is -2.32. The molecule has 0 aliphatic heterocycles. The lowest BCUT2D eigenvalue weighted by molar-refractivity contribution is -0.113. The smallest absolute Gasteiger partial charge is 0.184 e. The Balaban J connectivity index is 2.97. The van der Waals surface area contributed by atoms with Crippen molar-refractivity contribution in [2.45, 2.75) is 19.3 Å². The fourth-order valence-electron chi connectivity index (χ4n) is 1.47. The molecule has 0 saturated heterocycles. The van der Waals surface area contributed by atoms with Crippen molar-refractivity contribution < 1.29 is 4.79 Å². The van der Waals surface area contributed by atoms with Gasteiger partial charge in [-0.3, -0.25) is 4.79 Å². The van der Waals surface area contributed by atoms with E-state index in [0.29, 0.717) is 12.1 Å². The Morgan fingerprint density at radius 2 is 1.60 bits per heavy atom. The number of hydrogen-bond donors (Lipinski definition) is 0. The van der Waals surface area contributed by atoms with Crippen molar-refractivity contribution in [3.05, 3.63) is 0 Å². The zero-order valence-electron chi connectivity index (χ0n) is 9.82. The van der Waals surface area contributed by atoms with Crippen LogP contribution in [0.3, 0.4) is 0 Å². The monoisotopic (exact) mass is 210 g/mol. The molecule has 0 aromatic rings. The SMILES string of the molecule is CN(C)/N=C1/CCCC(=O)/C1=N\N(C)C. The van der Waals surface area contributed by atoms with Crippen molar-refractivity contribution in [3.8, 4) is 0 Å². The molecule has 84 valence electrons. The van der Waals surface area contributed by atoms with Gasteiger partial charge in [-0.1, -0.05) is 0 Å². The molecule has 15 heavy (non-hydrogen) atoms. The second kappa shape index (κ2) is 4.91. The third kappa shape index (κ3) is 3.34. The molecule has 0 radical (unpaired) electrons. The van der Waals surface area contributed by atoms with Gasteiger partial charge in [0.1, 0.15) is 5.71 Å². The molecule has 1 rings (SSSR count). The summed E-state index contributed by atoms with van der Waals surface area (Å²) in [4.78, 5) is 11.7. The molecule has 0 heterocycles. The third-order valence-corrected chi connectivity index (χ3v) is 1.98. The van der Waals surface area contributed by atoms with E-state index >= 15 is 0 Å². The van der Waals surface area contributed by atoms with Gasteiger partial charge >= 0.3 is 0 Å². The summed E-state index contributed by atoms with van der Waals surface area (Å²) in [5.74, 6) is 0.0931. The number of rotatable bonds is 2. The minimum atomic E-state index is 0.0931. The van der Waals surface area contributed by atoms with Crippen LogP contribution in [-0.4, -0.2) is 55.4 Å². The van der Waals surface area contributed by atoms with E-state index in [1.54, 1.807) is 10.0 Å². The van der Waals surface area contributed by atoms with Gasteiger partial charge in [0.15, 0.2) is 5.78 Å². The van der Waals surface area contributed by atoms with Crippen LogP contribution in [0.15, 0.2) is 10.2 Å². The molecule has 0 atom stereocenters. The van der Waals surface area contributed by atoms with Crippen molar-refractivity contribution in [1.82, 2.24) is 10.0 Å². The molecule has 0 N–H and O–H groups in total. The first-order valence-electron chi connectivity index (χ1n) is 5.05. The number of carbonyl (C=O) groups excluding carboxylic acids is 1. The van der Waals surface area contributed by atoms with Crippen molar-refractivity contribution >= 4 is 17.2 Å². The molecule has 1 aliphatic carbocycles. The first-order valence-corrected chi connectivity index (χ1v) is 5.05. The zero-order chi connectivity index (χ0) is 11.4. The molecule has 0 spiro atoms. The van der Waals surface area contributed by atoms with E-state index in [-0.39, 0.29) is 5.78 Å². The van der Waals surface area contributed by atoms with Crippen molar-refractivity contribution in [2.24, 2.45) is 10.2 Å². The standard InChI is InChI=1S/C10H18N4O/c1-13(2)11-8-6-5-7-9(15)10(8)12-14(3)4/h5-7H2,1-4H3/b11-8-,12-10-. The second-order valence-electron chi connectivity index (χ2n) is 3.97. The van der Waals surface area contributed by atoms with Crippen LogP contribution in [0.1, 0.15) is 19.3 Å². The van der Waals surface area contributed by atoms with E-state index in [4.69, 9.17) is 0 Å². The van der Waals surface area contributed by atoms with E-state index in [1.165, 1.54) is 0 Å². The molecule has 1 saturated carbocycles. The number of Topliss-reactive ketones (excluding diaryl/α,β-unsaturated/α-hetero) is 1. The number of carbonyl (C=O) groups is 1. The van der Waals surface area contributed by atoms with Gasteiger partial charge in [-0.15, -0.1) is 0 Å². The lowest BCUT2D eigenvalue weighted by atomic mass is 9.95. The van der Waals surface area contributed by atoms with Gasteiger partial charge in [-0.05, 0) is 12.8 Å². The minimum Gasteiger partial charge on any atom is -0.303 e. The Morgan fingerprint density at radius 3 is 2.13 bits per heavy atom. The van der Waals surface area contributed by atoms with Gasteiger partial charge in [0.25, 0.3) is 0 Å². The average molecular weight is 210 g/mol. The van der Waals surface area contributed by atoms with Crippen LogP contribution in [0.2, 0.25) is 0 Å². The summed E-state index contributed by atoms with van der Waals surface area (Å²) in [6, 6.07) is 0. The predicted octanol–water partition coefficient (Wildman–Crippen LogP) is 0.575. The molecule has 1 fully saturated rings. The van der Waals surface area contributed by atoms with Gasteiger partial charge in [0.05, 0.1) is 5.71 Å². The maximum atomic E-state index is 11.7.